The monoisotopic (exact) mass is 331 g/mol. The zero-order chi connectivity index (χ0) is 17.2. The lowest BCUT2D eigenvalue weighted by molar-refractivity contribution is 0.631. The Hall–Kier alpha value is -3.86. The van der Waals surface area contributed by atoms with Crippen LogP contribution in [-0.2, 0) is 0 Å². The highest BCUT2D eigenvalue weighted by Gasteiger charge is 2.11. The minimum atomic E-state index is -0.492. The summed E-state index contributed by atoms with van der Waals surface area (Å²) < 4.78 is 15.4. The van der Waals surface area contributed by atoms with E-state index in [9.17, 15) is 4.39 Å². The molecule has 0 atom stereocenters. The first-order valence-corrected chi connectivity index (χ1v) is 7.34. The first kappa shape index (κ1) is 14.7. The van der Waals surface area contributed by atoms with Crippen LogP contribution in [-0.4, -0.2) is 24.8 Å². The van der Waals surface area contributed by atoms with Crippen LogP contribution < -0.4 is 5.32 Å². The second-order valence-corrected chi connectivity index (χ2v) is 5.15. The molecule has 0 aliphatic carbocycles. The molecule has 1 aromatic carbocycles. The van der Waals surface area contributed by atoms with E-state index >= 15 is 0 Å². The number of nitrogens with one attached hydrogen (secondary N) is 1. The second kappa shape index (κ2) is 5.98. The Kier molecular flexibility index (Phi) is 3.52. The van der Waals surface area contributed by atoms with Gasteiger partial charge in [-0.15, -0.1) is 0 Å². The first-order chi connectivity index (χ1) is 12.2. The van der Waals surface area contributed by atoms with Crippen LogP contribution in [0.1, 0.15) is 5.56 Å². The molecular formula is C17H10FN7. The lowest BCUT2D eigenvalue weighted by atomic mass is 10.2. The quantitative estimate of drug-likeness (QED) is 0.620. The molecule has 120 valence electrons. The van der Waals surface area contributed by atoms with Gasteiger partial charge in [-0.3, -0.25) is 0 Å². The average molecular weight is 331 g/mol. The molecule has 0 aliphatic rings. The van der Waals surface area contributed by atoms with Gasteiger partial charge in [0.15, 0.2) is 0 Å². The maximum atomic E-state index is 13.9. The largest absolute Gasteiger partial charge is 0.322 e. The number of anilines is 2. The third kappa shape index (κ3) is 2.74. The van der Waals surface area contributed by atoms with Gasteiger partial charge >= 0.3 is 0 Å². The lowest BCUT2D eigenvalue weighted by Crippen LogP contribution is -2.00. The Balaban J connectivity index is 1.72. The van der Waals surface area contributed by atoms with Crippen molar-refractivity contribution in [1.82, 2.24) is 24.8 Å². The predicted octanol–water partition coefficient (Wildman–Crippen LogP) is 2.94. The molecule has 0 radical (unpaired) electrons. The fraction of sp³-hybridized carbons (Fsp3) is 0. The number of hydrogen-bond donors (Lipinski definition) is 1. The number of hydrogen-bond acceptors (Lipinski definition) is 6. The van der Waals surface area contributed by atoms with E-state index in [4.69, 9.17) is 5.26 Å². The zero-order valence-corrected chi connectivity index (χ0v) is 12.8. The number of fused-ring (bicyclic) bond motifs is 1. The summed E-state index contributed by atoms with van der Waals surface area (Å²) in [6, 6.07) is 11.4. The van der Waals surface area contributed by atoms with E-state index in [0.29, 0.717) is 11.3 Å². The lowest BCUT2D eigenvalue weighted by Gasteiger charge is -2.07. The minimum absolute atomic E-state index is 0.137. The van der Waals surface area contributed by atoms with E-state index < -0.39 is 5.82 Å². The Morgan fingerprint density at radius 2 is 2.04 bits per heavy atom. The van der Waals surface area contributed by atoms with Gasteiger partial charge in [0, 0.05) is 18.0 Å². The second-order valence-electron chi connectivity index (χ2n) is 5.15. The molecule has 0 fully saturated rings. The number of nitrogens with zero attached hydrogens (tertiary/aromatic N) is 6. The van der Waals surface area contributed by atoms with E-state index in [-0.39, 0.29) is 11.6 Å². The van der Waals surface area contributed by atoms with Crippen LogP contribution in [0.5, 0.6) is 0 Å². The van der Waals surface area contributed by atoms with Crippen LogP contribution >= 0.6 is 0 Å². The Bertz CT molecular complexity index is 1110. The number of benzene rings is 1. The molecule has 0 saturated carbocycles. The molecule has 0 aliphatic heterocycles. The summed E-state index contributed by atoms with van der Waals surface area (Å²) in [7, 11) is 0. The van der Waals surface area contributed by atoms with E-state index in [1.165, 1.54) is 22.8 Å². The van der Waals surface area contributed by atoms with Crippen molar-refractivity contribution in [2.75, 3.05) is 5.32 Å². The third-order valence-electron chi connectivity index (χ3n) is 3.58. The van der Waals surface area contributed by atoms with Crippen LogP contribution in [0.25, 0.3) is 16.8 Å². The molecule has 3 heterocycles. The standard InChI is InChI=1S/C17H10FN7/c18-13-4-3-11(9-19)8-15(13)24-17-20-7-5-14(23-17)12-10-22-25-16(12)2-1-6-21-25/h1-8,10H,(H,20,23,24). The third-order valence-corrected chi connectivity index (χ3v) is 3.58. The van der Waals surface area contributed by atoms with E-state index in [2.05, 4.69) is 25.5 Å². The molecule has 3 aromatic heterocycles. The molecule has 0 bridgehead atoms. The van der Waals surface area contributed by atoms with Crippen molar-refractivity contribution in [3.05, 3.63) is 66.4 Å². The van der Waals surface area contributed by atoms with Crippen LogP contribution in [0.15, 0.2) is 55.0 Å². The predicted molar refractivity (Wildman–Crippen MR) is 88.4 cm³/mol. The van der Waals surface area contributed by atoms with Gasteiger partial charge in [-0.25, -0.2) is 14.4 Å². The van der Waals surface area contributed by atoms with Gasteiger partial charge in [0.05, 0.1) is 34.7 Å². The maximum absolute atomic E-state index is 13.9. The van der Waals surface area contributed by atoms with Crippen molar-refractivity contribution in [2.24, 2.45) is 0 Å². The molecular weight excluding hydrogens is 321 g/mol. The van der Waals surface area contributed by atoms with Crippen LogP contribution in [0.3, 0.4) is 0 Å². The molecule has 0 amide bonds. The number of nitriles is 1. The number of aromatic nitrogens is 5. The summed E-state index contributed by atoms with van der Waals surface area (Å²) in [5.41, 5.74) is 2.68. The van der Waals surface area contributed by atoms with Crippen molar-refractivity contribution in [3.8, 4) is 17.3 Å². The molecule has 0 saturated heterocycles. The van der Waals surface area contributed by atoms with Crippen molar-refractivity contribution in [2.45, 2.75) is 0 Å². The van der Waals surface area contributed by atoms with Crippen LogP contribution in [0.4, 0.5) is 16.0 Å². The number of rotatable bonds is 3. The Labute approximate surface area is 141 Å². The fourth-order valence-electron chi connectivity index (χ4n) is 2.41. The van der Waals surface area contributed by atoms with Gasteiger partial charge in [0.1, 0.15) is 5.82 Å². The summed E-state index contributed by atoms with van der Waals surface area (Å²) >= 11 is 0. The maximum Gasteiger partial charge on any atom is 0.227 e. The smallest absolute Gasteiger partial charge is 0.227 e. The fourth-order valence-corrected chi connectivity index (χ4v) is 2.41. The normalized spacial score (nSPS) is 10.6. The molecule has 4 rings (SSSR count). The highest BCUT2D eigenvalue weighted by molar-refractivity contribution is 5.77. The Morgan fingerprint density at radius 3 is 2.92 bits per heavy atom. The van der Waals surface area contributed by atoms with Gasteiger partial charge in [-0.1, -0.05) is 0 Å². The summed E-state index contributed by atoms with van der Waals surface area (Å²) in [6.45, 7) is 0. The number of halogens is 1. The first-order valence-electron chi connectivity index (χ1n) is 7.34. The van der Waals surface area contributed by atoms with Crippen molar-refractivity contribution < 1.29 is 4.39 Å². The van der Waals surface area contributed by atoms with Crippen molar-refractivity contribution in [3.63, 3.8) is 0 Å². The summed E-state index contributed by atoms with van der Waals surface area (Å²) in [6.07, 6.45) is 4.86. The molecule has 7 nitrogen and oxygen atoms in total. The van der Waals surface area contributed by atoms with E-state index in [0.717, 1.165) is 11.1 Å². The van der Waals surface area contributed by atoms with Gasteiger partial charge in [-0.05, 0) is 36.4 Å². The van der Waals surface area contributed by atoms with Crippen LogP contribution in [0, 0.1) is 17.1 Å². The van der Waals surface area contributed by atoms with Crippen molar-refractivity contribution >= 4 is 17.2 Å². The van der Waals surface area contributed by atoms with Gasteiger partial charge in [0.25, 0.3) is 0 Å². The molecule has 8 heteroatoms. The van der Waals surface area contributed by atoms with E-state index in [1.807, 2.05) is 18.2 Å². The van der Waals surface area contributed by atoms with Gasteiger partial charge < -0.3 is 5.32 Å². The SMILES string of the molecule is N#Cc1ccc(F)c(Nc2nccc(-c3cnn4ncccc34)n2)c1. The highest BCUT2D eigenvalue weighted by atomic mass is 19.1. The molecule has 0 unspecified atom stereocenters. The summed E-state index contributed by atoms with van der Waals surface area (Å²) in [4.78, 5) is 8.51. The van der Waals surface area contributed by atoms with E-state index in [1.54, 1.807) is 24.7 Å². The molecule has 4 aromatic rings. The highest BCUT2D eigenvalue weighted by Crippen LogP contribution is 2.24. The van der Waals surface area contributed by atoms with Gasteiger partial charge in [-0.2, -0.15) is 20.1 Å². The van der Waals surface area contributed by atoms with Crippen LogP contribution in [0.2, 0.25) is 0 Å². The molecule has 1 N–H and O–H groups in total. The van der Waals surface area contributed by atoms with Gasteiger partial charge in [0.2, 0.25) is 5.95 Å². The Morgan fingerprint density at radius 1 is 1.12 bits per heavy atom. The molecule has 0 spiro atoms. The zero-order valence-electron chi connectivity index (χ0n) is 12.8. The minimum Gasteiger partial charge on any atom is -0.322 e. The average Bonchev–Trinajstić information content (AvgIpc) is 3.08. The topological polar surface area (TPSA) is 91.8 Å². The summed E-state index contributed by atoms with van der Waals surface area (Å²) in [5.74, 6) is -0.275. The summed E-state index contributed by atoms with van der Waals surface area (Å²) in [5, 5.41) is 20.0. The van der Waals surface area contributed by atoms with Crippen molar-refractivity contribution in [1.29, 1.82) is 5.26 Å². The molecule has 25 heavy (non-hydrogen) atoms.